The molecule has 0 aromatic rings. The summed E-state index contributed by atoms with van der Waals surface area (Å²) in [6.45, 7) is 2.57. The largest absolute Gasteiger partial charge is 0.480 e. The third-order valence-corrected chi connectivity index (χ3v) is 2.79. The summed E-state index contributed by atoms with van der Waals surface area (Å²) in [6, 6.07) is 0.324. The van der Waals surface area contributed by atoms with Crippen molar-refractivity contribution in [2.75, 3.05) is 19.6 Å². The molecule has 0 spiro atoms. The van der Waals surface area contributed by atoms with Crippen LogP contribution in [-0.2, 0) is 4.79 Å². The average molecular weight is 184 g/mol. The molecule has 1 aliphatic carbocycles. The number of nitrogens with zero attached hydrogens (tertiary/aromatic N) is 1. The Labute approximate surface area is 77.9 Å². The summed E-state index contributed by atoms with van der Waals surface area (Å²) in [4.78, 5) is 13.1. The second-order valence-corrected chi connectivity index (χ2v) is 3.92. The monoisotopic (exact) mass is 184 g/mol. The molecule has 4 nitrogen and oxygen atoms in total. The van der Waals surface area contributed by atoms with Crippen LogP contribution >= 0.6 is 0 Å². The van der Waals surface area contributed by atoms with Crippen LogP contribution in [0.2, 0.25) is 0 Å². The molecule has 1 saturated carbocycles. The van der Waals surface area contributed by atoms with Crippen LogP contribution in [0.15, 0.2) is 0 Å². The molecule has 1 atom stereocenters. The van der Waals surface area contributed by atoms with Gasteiger partial charge < -0.3 is 10.4 Å². The van der Waals surface area contributed by atoms with Crippen LogP contribution in [0.25, 0.3) is 0 Å². The Hall–Kier alpha value is -0.610. The lowest BCUT2D eigenvalue weighted by Gasteiger charge is -2.21. The van der Waals surface area contributed by atoms with Gasteiger partial charge in [0.05, 0.1) is 0 Å². The van der Waals surface area contributed by atoms with Crippen molar-refractivity contribution in [1.29, 1.82) is 0 Å². The predicted octanol–water partition coefficient (Wildman–Crippen LogP) is -0.103. The molecule has 1 saturated heterocycles. The minimum atomic E-state index is -0.715. The van der Waals surface area contributed by atoms with E-state index in [9.17, 15) is 4.79 Å². The molecule has 0 aromatic heterocycles. The van der Waals surface area contributed by atoms with E-state index >= 15 is 0 Å². The van der Waals surface area contributed by atoms with E-state index in [2.05, 4.69) is 10.2 Å². The molecule has 13 heavy (non-hydrogen) atoms. The van der Waals surface area contributed by atoms with Crippen LogP contribution in [0, 0.1) is 0 Å². The molecule has 1 heterocycles. The summed E-state index contributed by atoms with van der Waals surface area (Å²) < 4.78 is 0. The molecule has 0 radical (unpaired) electrons. The molecule has 2 rings (SSSR count). The zero-order valence-electron chi connectivity index (χ0n) is 7.70. The van der Waals surface area contributed by atoms with Crippen LogP contribution in [0.1, 0.15) is 19.3 Å². The van der Waals surface area contributed by atoms with E-state index in [1.165, 1.54) is 12.8 Å². The Balaban J connectivity index is 1.93. The summed E-state index contributed by atoms with van der Waals surface area (Å²) in [7, 11) is 0. The maximum atomic E-state index is 10.8. The van der Waals surface area contributed by atoms with Gasteiger partial charge in [0.2, 0.25) is 0 Å². The first-order valence-electron chi connectivity index (χ1n) is 4.97. The topological polar surface area (TPSA) is 52.6 Å². The molecule has 0 amide bonds. The first kappa shape index (κ1) is 8.97. The molecule has 4 heteroatoms. The Bertz CT molecular complexity index is 204. The van der Waals surface area contributed by atoms with Gasteiger partial charge in [0.15, 0.2) is 0 Å². The van der Waals surface area contributed by atoms with Crippen LogP contribution in [-0.4, -0.2) is 47.7 Å². The van der Waals surface area contributed by atoms with Gasteiger partial charge in [-0.3, -0.25) is 9.69 Å². The van der Waals surface area contributed by atoms with Crippen molar-refractivity contribution in [3.8, 4) is 0 Å². The highest BCUT2D eigenvalue weighted by atomic mass is 16.4. The van der Waals surface area contributed by atoms with Gasteiger partial charge in [-0.15, -0.1) is 0 Å². The van der Waals surface area contributed by atoms with Gasteiger partial charge in [0.1, 0.15) is 6.04 Å². The Morgan fingerprint density at radius 1 is 1.46 bits per heavy atom. The zero-order valence-corrected chi connectivity index (χ0v) is 7.70. The lowest BCUT2D eigenvalue weighted by molar-refractivity contribution is -0.139. The smallest absolute Gasteiger partial charge is 0.322 e. The molecular weight excluding hydrogens is 168 g/mol. The van der Waals surface area contributed by atoms with Crippen LogP contribution in [0.4, 0.5) is 0 Å². The average Bonchev–Trinajstić information content (AvgIpc) is 2.91. The fraction of sp³-hybridized carbons (Fsp3) is 0.889. The highest BCUT2D eigenvalue weighted by Crippen LogP contribution is 2.27. The fourth-order valence-electron chi connectivity index (χ4n) is 1.89. The van der Waals surface area contributed by atoms with Gasteiger partial charge in [0.25, 0.3) is 0 Å². The minimum Gasteiger partial charge on any atom is -0.480 e. The third-order valence-electron chi connectivity index (χ3n) is 2.79. The maximum Gasteiger partial charge on any atom is 0.322 e. The van der Waals surface area contributed by atoms with E-state index in [4.69, 9.17) is 5.11 Å². The second kappa shape index (κ2) is 3.64. The number of hydrogen-bond acceptors (Lipinski definition) is 3. The SMILES string of the molecule is O=C(O)C1CN(C2CC2)CCCN1. The Morgan fingerprint density at radius 3 is 2.85 bits per heavy atom. The van der Waals surface area contributed by atoms with E-state index in [-0.39, 0.29) is 6.04 Å². The second-order valence-electron chi connectivity index (χ2n) is 3.92. The number of carbonyl (C=O) groups is 1. The van der Waals surface area contributed by atoms with E-state index in [0.717, 1.165) is 19.5 Å². The number of hydrogen-bond donors (Lipinski definition) is 2. The Morgan fingerprint density at radius 2 is 2.23 bits per heavy atom. The van der Waals surface area contributed by atoms with Crippen molar-refractivity contribution in [2.24, 2.45) is 0 Å². The van der Waals surface area contributed by atoms with Crippen molar-refractivity contribution >= 4 is 5.97 Å². The van der Waals surface area contributed by atoms with E-state index in [1.54, 1.807) is 0 Å². The lowest BCUT2D eigenvalue weighted by Crippen LogP contribution is -2.44. The number of nitrogens with one attached hydrogen (secondary N) is 1. The molecule has 1 aliphatic heterocycles. The summed E-state index contributed by atoms with van der Waals surface area (Å²) in [6.07, 6.45) is 3.58. The number of aliphatic carboxylic acids is 1. The molecule has 0 aromatic carbocycles. The number of carboxylic acids is 1. The molecule has 74 valence electrons. The highest BCUT2D eigenvalue weighted by Gasteiger charge is 2.33. The summed E-state index contributed by atoms with van der Waals surface area (Å²) >= 11 is 0. The van der Waals surface area contributed by atoms with E-state index in [0.29, 0.717) is 12.6 Å². The zero-order chi connectivity index (χ0) is 9.26. The van der Waals surface area contributed by atoms with Crippen LogP contribution < -0.4 is 5.32 Å². The van der Waals surface area contributed by atoms with Crippen molar-refractivity contribution in [3.05, 3.63) is 0 Å². The van der Waals surface area contributed by atoms with Gasteiger partial charge in [-0.05, 0) is 32.4 Å². The summed E-state index contributed by atoms with van der Waals surface area (Å²) in [5, 5.41) is 11.9. The normalized spacial score (nSPS) is 31.2. The van der Waals surface area contributed by atoms with Gasteiger partial charge >= 0.3 is 5.97 Å². The predicted molar refractivity (Wildman–Crippen MR) is 48.6 cm³/mol. The Kier molecular flexibility index (Phi) is 2.51. The fourth-order valence-corrected chi connectivity index (χ4v) is 1.89. The third kappa shape index (κ3) is 2.19. The van der Waals surface area contributed by atoms with Crippen molar-refractivity contribution in [3.63, 3.8) is 0 Å². The number of carboxylic acid groups (broad SMARTS) is 1. The van der Waals surface area contributed by atoms with Crippen molar-refractivity contribution in [2.45, 2.75) is 31.3 Å². The summed E-state index contributed by atoms with van der Waals surface area (Å²) in [5.41, 5.74) is 0. The minimum absolute atomic E-state index is 0.358. The van der Waals surface area contributed by atoms with Crippen molar-refractivity contribution < 1.29 is 9.90 Å². The molecule has 2 N–H and O–H groups in total. The van der Waals surface area contributed by atoms with Crippen molar-refractivity contribution in [1.82, 2.24) is 10.2 Å². The molecule has 1 unspecified atom stereocenters. The van der Waals surface area contributed by atoms with Gasteiger partial charge in [0, 0.05) is 12.6 Å². The van der Waals surface area contributed by atoms with Gasteiger partial charge in [-0.1, -0.05) is 0 Å². The lowest BCUT2D eigenvalue weighted by atomic mass is 10.3. The molecular formula is C9H16N2O2. The van der Waals surface area contributed by atoms with E-state index in [1.807, 2.05) is 0 Å². The number of rotatable bonds is 2. The van der Waals surface area contributed by atoms with Crippen LogP contribution in [0.3, 0.4) is 0 Å². The standard InChI is InChI=1S/C9H16N2O2/c12-9(13)8-6-11(7-2-3-7)5-1-4-10-8/h7-8,10H,1-6H2,(H,12,13). The van der Waals surface area contributed by atoms with Gasteiger partial charge in [-0.25, -0.2) is 0 Å². The molecule has 2 fully saturated rings. The quantitative estimate of drug-likeness (QED) is 0.629. The van der Waals surface area contributed by atoms with E-state index < -0.39 is 5.97 Å². The molecule has 2 aliphatic rings. The molecule has 0 bridgehead atoms. The van der Waals surface area contributed by atoms with Crippen LogP contribution in [0.5, 0.6) is 0 Å². The highest BCUT2D eigenvalue weighted by molar-refractivity contribution is 5.73. The van der Waals surface area contributed by atoms with Gasteiger partial charge in [-0.2, -0.15) is 0 Å². The first-order chi connectivity index (χ1) is 6.27. The maximum absolute atomic E-state index is 10.8. The summed E-state index contributed by atoms with van der Waals surface area (Å²) in [5.74, 6) is -0.715. The first-order valence-corrected chi connectivity index (χ1v) is 4.97.